The van der Waals surface area contributed by atoms with Crippen molar-refractivity contribution in [2.45, 2.75) is 12.5 Å². The summed E-state index contributed by atoms with van der Waals surface area (Å²) >= 11 is 0. The van der Waals surface area contributed by atoms with Crippen molar-refractivity contribution in [3.8, 4) is 5.75 Å². The van der Waals surface area contributed by atoms with Crippen molar-refractivity contribution in [3.63, 3.8) is 0 Å². The van der Waals surface area contributed by atoms with Gasteiger partial charge in [-0.05, 0) is 36.8 Å². The molecule has 1 N–H and O–H groups in total. The Hall–Kier alpha value is -3.07. The first kappa shape index (κ1) is 18.3. The molecule has 1 atom stereocenters. The molecule has 1 fully saturated rings. The molecule has 1 saturated heterocycles. The first-order valence-corrected chi connectivity index (χ1v) is 10.5. The fraction of sp³-hybridized carbons (Fsp3) is 0.263. The molecule has 0 radical (unpaired) electrons. The smallest absolute Gasteiger partial charge is 0.258 e. The van der Waals surface area contributed by atoms with Crippen LogP contribution in [0.25, 0.3) is 11.0 Å². The van der Waals surface area contributed by atoms with Gasteiger partial charge < -0.3 is 18.9 Å². The number of ether oxygens (including phenoxy) is 1. The predicted molar refractivity (Wildman–Crippen MR) is 99.1 cm³/mol. The van der Waals surface area contributed by atoms with Gasteiger partial charge in [-0.3, -0.25) is 9.59 Å². The van der Waals surface area contributed by atoms with Crippen LogP contribution in [0.4, 0.5) is 0 Å². The van der Waals surface area contributed by atoms with Gasteiger partial charge in [0.25, 0.3) is 5.91 Å². The summed E-state index contributed by atoms with van der Waals surface area (Å²) in [4.78, 5) is 24.5. The van der Waals surface area contributed by atoms with Crippen LogP contribution < -0.4 is 10.1 Å². The molecule has 0 saturated carbocycles. The maximum atomic E-state index is 12.5. The minimum Gasteiger partial charge on any atom is -0.484 e. The predicted octanol–water partition coefficient (Wildman–Crippen LogP) is 1.94. The first-order chi connectivity index (χ1) is 13.4. The van der Waals surface area contributed by atoms with Crippen LogP contribution in [0.15, 0.2) is 51.7 Å². The van der Waals surface area contributed by atoms with Crippen LogP contribution in [0.1, 0.15) is 22.5 Å². The maximum absolute atomic E-state index is 12.5. The number of amides is 1. The van der Waals surface area contributed by atoms with E-state index in [2.05, 4.69) is 5.32 Å². The van der Waals surface area contributed by atoms with Crippen molar-refractivity contribution in [1.29, 1.82) is 0 Å². The monoisotopic (exact) mass is 403 g/mol. The van der Waals surface area contributed by atoms with E-state index in [0.29, 0.717) is 28.7 Å². The average molecular weight is 403 g/mol. The van der Waals surface area contributed by atoms with Gasteiger partial charge in [0.1, 0.15) is 17.6 Å². The molecule has 1 aliphatic rings. The summed E-state index contributed by atoms with van der Waals surface area (Å²) in [7, 11) is -3.06. The molecular formula is C19H17NO7S. The Morgan fingerprint density at radius 3 is 2.79 bits per heavy atom. The number of hydrogen-bond acceptors (Lipinski definition) is 7. The number of rotatable bonds is 6. The molecule has 1 amide bonds. The number of sulfone groups is 1. The Morgan fingerprint density at radius 1 is 1.21 bits per heavy atom. The minimum absolute atomic E-state index is 0.0437. The van der Waals surface area contributed by atoms with Crippen LogP contribution in [0.5, 0.6) is 5.75 Å². The molecule has 0 spiro atoms. The van der Waals surface area contributed by atoms with Gasteiger partial charge in [0.15, 0.2) is 22.2 Å². The molecule has 146 valence electrons. The third-order valence-corrected chi connectivity index (χ3v) is 6.27. The van der Waals surface area contributed by atoms with Crippen molar-refractivity contribution < 1.29 is 31.6 Å². The van der Waals surface area contributed by atoms with Crippen molar-refractivity contribution >= 4 is 32.5 Å². The SMILES string of the molecule is O=C(COc1ccc2occ(C(=O)c3ccco3)c2c1)N[C@@H]1CCS(=O)(=O)C1. The highest BCUT2D eigenvalue weighted by atomic mass is 32.2. The van der Waals surface area contributed by atoms with Crippen LogP contribution in [-0.4, -0.2) is 44.3 Å². The number of benzene rings is 1. The van der Waals surface area contributed by atoms with E-state index >= 15 is 0 Å². The van der Waals surface area contributed by atoms with Gasteiger partial charge in [0, 0.05) is 11.4 Å². The van der Waals surface area contributed by atoms with Crippen LogP contribution in [0.2, 0.25) is 0 Å². The van der Waals surface area contributed by atoms with E-state index < -0.39 is 15.7 Å². The lowest BCUT2D eigenvalue weighted by Gasteiger charge is -2.11. The van der Waals surface area contributed by atoms with E-state index in [9.17, 15) is 18.0 Å². The van der Waals surface area contributed by atoms with Gasteiger partial charge in [0.2, 0.25) is 5.78 Å². The molecule has 0 aliphatic carbocycles. The third kappa shape index (κ3) is 3.79. The van der Waals surface area contributed by atoms with E-state index in [1.54, 1.807) is 30.3 Å². The van der Waals surface area contributed by atoms with Crippen molar-refractivity contribution in [3.05, 3.63) is 54.2 Å². The molecule has 1 aromatic carbocycles. The summed E-state index contributed by atoms with van der Waals surface area (Å²) in [6, 6.07) is 7.69. The third-order valence-electron chi connectivity index (χ3n) is 4.50. The second-order valence-corrected chi connectivity index (χ2v) is 8.80. The standard InChI is InChI=1S/C19H17NO7S/c21-18(20-12-5-7-28(23,24)11-12)10-26-13-3-4-16-14(8-13)15(9-27-16)19(22)17-2-1-6-25-17/h1-4,6,8-9,12H,5,7,10-11H2,(H,20,21)/t12-/m1/s1. The Morgan fingerprint density at radius 2 is 2.07 bits per heavy atom. The molecule has 0 bridgehead atoms. The number of nitrogens with one attached hydrogen (secondary N) is 1. The molecule has 0 unspecified atom stereocenters. The quantitative estimate of drug-likeness (QED) is 0.625. The highest BCUT2D eigenvalue weighted by Crippen LogP contribution is 2.27. The van der Waals surface area contributed by atoms with Gasteiger partial charge in [-0.25, -0.2) is 8.42 Å². The number of furan rings is 2. The zero-order valence-electron chi connectivity index (χ0n) is 14.7. The fourth-order valence-corrected chi connectivity index (χ4v) is 4.81. The topological polar surface area (TPSA) is 116 Å². The minimum atomic E-state index is -3.06. The Labute approximate surface area is 160 Å². The van der Waals surface area contributed by atoms with Crippen LogP contribution in [0.3, 0.4) is 0 Å². The molecule has 3 heterocycles. The second-order valence-electron chi connectivity index (χ2n) is 6.57. The summed E-state index contributed by atoms with van der Waals surface area (Å²) in [5.74, 6) is -0.0979. The van der Waals surface area contributed by atoms with Crippen molar-refractivity contribution in [1.82, 2.24) is 5.32 Å². The molecule has 9 heteroatoms. The van der Waals surface area contributed by atoms with Crippen molar-refractivity contribution in [2.24, 2.45) is 0 Å². The Bertz CT molecular complexity index is 1130. The largest absolute Gasteiger partial charge is 0.484 e. The van der Waals surface area contributed by atoms with E-state index in [1.807, 2.05) is 0 Å². The number of carbonyl (C=O) groups is 2. The lowest BCUT2D eigenvalue weighted by molar-refractivity contribution is -0.123. The van der Waals surface area contributed by atoms with E-state index in [0.717, 1.165) is 0 Å². The summed E-state index contributed by atoms with van der Waals surface area (Å²) in [6.45, 7) is -0.263. The van der Waals surface area contributed by atoms with Crippen molar-refractivity contribution in [2.75, 3.05) is 18.1 Å². The van der Waals surface area contributed by atoms with Gasteiger partial charge >= 0.3 is 0 Å². The molecule has 8 nitrogen and oxygen atoms in total. The summed E-state index contributed by atoms with van der Waals surface area (Å²) in [6.07, 6.45) is 3.18. The maximum Gasteiger partial charge on any atom is 0.258 e. The number of hydrogen-bond donors (Lipinski definition) is 1. The fourth-order valence-electron chi connectivity index (χ4n) is 3.14. The van der Waals surface area contributed by atoms with Gasteiger partial charge in [-0.2, -0.15) is 0 Å². The number of fused-ring (bicyclic) bond motifs is 1. The number of ketones is 1. The number of carbonyl (C=O) groups excluding carboxylic acids is 2. The van der Waals surface area contributed by atoms with E-state index in [1.165, 1.54) is 12.5 Å². The average Bonchev–Trinajstić information content (AvgIpc) is 3.39. The molecule has 2 aromatic heterocycles. The Balaban J connectivity index is 1.44. The Kier molecular flexibility index (Phi) is 4.68. The molecule has 4 rings (SSSR count). The van der Waals surface area contributed by atoms with Gasteiger partial charge in [0.05, 0.1) is 23.3 Å². The lowest BCUT2D eigenvalue weighted by Crippen LogP contribution is -2.38. The first-order valence-electron chi connectivity index (χ1n) is 8.63. The molecular weight excluding hydrogens is 386 g/mol. The zero-order chi connectivity index (χ0) is 19.7. The van der Waals surface area contributed by atoms with E-state index in [4.69, 9.17) is 13.6 Å². The van der Waals surface area contributed by atoms with Crippen LogP contribution in [0, 0.1) is 0 Å². The lowest BCUT2D eigenvalue weighted by atomic mass is 10.1. The van der Waals surface area contributed by atoms with Gasteiger partial charge in [-0.1, -0.05) is 0 Å². The highest BCUT2D eigenvalue weighted by Gasteiger charge is 2.29. The van der Waals surface area contributed by atoms with Crippen LogP contribution in [-0.2, 0) is 14.6 Å². The summed E-state index contributed by atoms with van der Waals surface area (Å²) in [5, 5.41) is 3.20. The van der Waals surface area contributed by atoms with Gasteiger partial charge in [-0.15, -0.1) is 0 Å². The summed E-state index contributed by atoms with van der Waals surface area (Å²) < 4.78 is 38.9. The highest BCUT2D eigenvalue weighted by molar-refractivity contribution is 7.91. The second kappa shape index (κ2) is 7.16. The van der Waals surface area contributed by atoms with Crippen LogP contribution >= 0.6 is 0 Å². The zero-order valence-corrected chi connectivity index (χ0v) is 15.5. The molecule has 3 aromatic rings. The normalized spacial score (nSPS) is 18.2. The molecule has 28 heavy (non-hydrogen) atoms. The molecule has 1 aliphatic heterocycles. The van der Waals surface area contributed by atoms with E-state index in [-0.39, 0.29) is 35.7 Å². The summed E-state index contributed by atoms with van der Waals surface area (Å²) in [5.41, 5.74) is 0.832.